The van der Waals surface area contributed by atoms with Crippen LogP contribution in [0, 0.1) is 0 Å². The Morgan fingerprint density at radius 3 is 2.76 bits per heavy atom. The summed E-state index contributed by atoms with van der Waals surface area (Å²) in [7, 11) is 0. The van der Waals surface area contributed by atoms with Crippen molar-refractivity contribution >= 4 is 49.5 Å². The molecule has 0 fully saturated rings. The molecule has 0 radical (unpaired) electrons. The molecular formula is C15H10Br2N2OS. The molecule has 0 atom stereocenters. The van der Waals surface area contributed by atoms with Crippen molar-refractivity contribution in [3.8, 4) is 10.6 Å². The van der Waals surface area contributed by atoms with Crippen LogP contribution in [0.4, 0.5) is 0 Å². The van der Waals surface area contributed by atoms with Crippen LogP contribution in [0.1, 0.15) is 15.9 Å². The molecule has 106 valence electrons. The van der Waals surface area contributed by atoms with Gasteiger partial charge in [-0.3, -0.25) is 9.48 Å². The maximum absolute atomic E-state index is 11.3. The summed E-state index contributed by atoms with van der Waals surface area (Å²) < 4.78 is 3.83. The number of rotatable bonds is 4. The summed E-state index contributed by atoms with van der Waals surface area (Å²) in [5, 5.41) is 6.54. The van der Waals surface area contributed by atoms with Crippen LogP contribution in [-0.4, -0.2) is 16.1 Å². The summed E-state index contributed by atoms with van der Waals surface area (Å²) in [5.41, 5.74) is 2.46. The van der Waals surface area contributed by atoms with E-state index < -0.39 is 0 Å². The molecule has 3 aromatic rings. The van der Waals surface area contributed by atoms with Crippen LogP contribution < -0.4 is 0 Å². The highest BCUT2D eigenvalue weighted by atomic mass is 79.9. The van der Waals surface area contributed by atoms with Gasteiger partial charge < -0.3 is 0 Å². The second-order valence-corrected chi connectivity index (χ2v) is 7.15. The Bertz CT molecular complexity index is 795. The van der Waals surface area contributed by atoms with Crippen LogP contribution in [-0.2, 0) is 6.54 Å². The van der Waals surface area contributed by atoms with Gasteiger partial charge in [-0.2, -0.15) is 5.10 Å². The predicted octanol–water partition coefficient (Wildman–Crippen LogP) is 5.00. The van der Waals surface area contributed by atoms with Crippen molar-refractivity contribution in [2.24, 2.45) is 0 Å². The first-order valence-electron chi connectivity index (χ1n) is 6.18. The van der Waals surface area contributed by atoms with Crippen molar-refractivity contribution in [2.75, 3.05) is 0 Å². The second kappa shape index (κ2) is 6.25. The number of carbonyl (C=O) groups excluding carboxylic acids is 1. The van der Waals surface area contributed by atoms with E-state index in [0.717, 1.165) is 31.4 Å². The van der Waals surface area contributed by atoms with Crippen LogP contribution in [0.5, 0.6) is 0 Å². The minimum Gasteiger partial charge on any atom is -0.298 e. The lowest BCUT2D eigenvalue weighted by Gasteiger charge is -2.04. The molecule has 0 aliphatic heterocycles. The molecule has 0 amide bonds. The van der Waals surface area contributed by atoms with Gasteiger partial charge in [0.2, 0.25) is 0 Å². The third-order valence-corrected chi connectivity index (χ3v) is 5.48. The molecule has 2 aromatic heterocycles. The normalized spacial score (nSPS) is 10.8. The van der Waals surface area contributed by atoms with E-state index in [9.17, 15) is 4.79 Å². The molecule has 0 spiro atoms. The molecular weight excluding hydrogens is 416 g/mol. The summed E-state index contributed by atoms with van der Waals surface area (Å²) in [5.74, 6) is 0. The summed E-state index contributed by atoms with van der Waals surface area (Å²) in [4.78, 5) is 12.3. The maximum atomic E-state index is 11.3. The smallest absolute Gasteiger partial charge is 0.153 e. The number of hydrogen-bond acceptors (Lipinski definition) is 3. The monoisotopic (exact) mass is 424 g/mol. The molecule has 6 heteroatoms. The SMILES string of the molecule is O=Cc1cn(Cc2ccccc2Br)nc1-c1cc(Br)cs1. The fourth-order valence-electron chi connectivity index (χ4n) is 2.03. The number of benzene rings is 1. The van der Waals surface area contributed by atoms with Gasteiger partial charge in [-0.15, -0.1) is 11.3 Å². The van der Waals surface area contributed by atoms with Crippen LogP contribution in [0.2, 0.25) is 0 Å². The number of aromatic nitrogens is 2. The number of halogens is 2. The van der Waals surface area contributed by atoms with E-state index in [1.807, 2.05) is 35.7 Å². The summed E-state index contributed by atoms with van der Waals surface area (Å²) >= 11 is 8.52. The standard InChI is InChI=1S/C15H10Br2N2OS/c16-12-5-14(21-9-12)15-11(8-20)7-19(18-15)6-10-3-1-2-4-13(10)17/h1-5,7-9H,6H2. The first kappa shape index (κ1) is 14.7. The van der Waals surface area contributed by atoms with Gasteiger partial charge in [-0.05, 0) is 33.6 Å². The number of hydrogen-bond donors (Lipinski definition) is 0. The van der Waals surface area contributed by atoms with E-state index >= 15 is 0 Å². The highest BCUT2D eigenvalue weighted by Crippen LogP contribution is 2.30. The minimum absolute atomic E-state index is 0.608. The molecule has 1 aromatic carbocycles. The number of carbonyl (C=O) groups is 1. The Balaban J connectivity index is 1.96. The number of nitrogens with zero attached hydrogens (tertiary/aromatic N) is 2. The van der Waals surface area contributed by atoms with Crippen molar-refractivity contribution in [1.82, 2.24) is 9.78 Å². The van der Waals surface area contributed by atoms with Gasteiger partial charge in [0.05, 0.1) is 17.0 Å². The zero-order chi connectivity index (χ0) is 14.8. The highest BCUT2D eigenvalue weighted by Gasteiger charge is 2.13. The van der Waals surface area contributed by atoms with Gasteiger partial charge in [0.25, 0.3) is 0 Å². The Labute approximate surface area is 142 Å². The van der Waals surface area contributed by atoms with Gasteiger partial charge in [-0.1, -0.05) is 34.1 Å². The Kier molecular flexibility index (Phi) is 4.37. The minimum atomic E-state index is 0.608. The Hall–Kier alpha value is -1.24. The van der Waals surface area contributed by atoms with Crippen LogP contribution in [0.25, 0.3) is 10.6 Å². The largest absolute Gasteiger partial charge is 0.298 e. The topological polar surface area (TPSA) is 34.9 Å². The average Bonchev–Trinajstić information content (AvgIpc) is 3.07. The lowest BCUT2D eigenvalue weighted by Crippen LogP contribution is -2.00. The molecule has 0 N–H and O–H groups in total. The molecule has 0 unspecified atom stereocenters. The molecule has 0 aliphatic rings. The second-order valence-electron chi connectivity index (χ2n) is 4.47. The Morgan fingerprint density at radius 1 is 1.29 bits per heavy atom. The molecule has 3 nitrogen and oxygen atoms in total. The first-order valence-corrected chi connectivity index (χ1v) is 8.64. The van der Waals surface area contributed by atoms with Gasteiger partial charge in [0.1, 0.15) is 5.69 Å². The zero-order valence-electron chi connectivity index (χ0n) is 10.8. The molecule has 0 aliphatic carbocycles. The maximum Gasteiger partial charge on any atom is 0.153 e. The first-order chi connectivity index (χ1) is 10.2. The fraction of sp³-hybridized carbons (Fsp3) is 0.0667. The molecule has 0 saturated carbocycles. The summed E-state index contributed by atoms with van der Waals surface area (Å²) in [6.45, 7) is 0.620. The van der Waals surface area contributed by atoms with Crippen molar-refractivity contribution < 1.29 is 4.79 Å². The highest BCUT2D eigenvalue weighted by molar-refractivity contribution is 9.10. The average molecular weight is 426 g/mol. The van der Waals surface area contributed by atoms with Crippen LogP contribution in [0.15, 0.2) is 50.9 Å². The molecule has 2 heterocycles. The van der Waals surface area contributed by atoms with Crippen molar-refractivity contribution in [3.63, 3.8) is 0 Å². The zero-order valence-corrected chi connectivity index (χ0v) is 14.8. The van der Waals surface area contributed by atoms with Gasteiger partial charge in [0, 0.05) is 20.5 Å². The molecule has 0 bridgehead atoms. The van der Waals surface area contributed by atoms with Gasteiger partial charge in [-0.25, -0.2) is 0 Å². The Morgan fingerprint density at radius 2 is 2.10 bits per heavy atom. The summed E-state index contributed by atoms with van der Waals surface area (Å²) in [6.07, 6.45) is 2.64. The third kappa shape index (κ3) is 3.17. The van der Waals surface area contributed by atoms with E-state index in [0.29, 0.717) is 12.1 Å². The van der Waals surface area contributed by atoms with Crippen molar-refractivity contribution in [1.29, 1.82) is 0 Å². The summed E-state index contributed by atoms with van der Waals surface area (Å²) in [6, 6.07) is 9.97. The lowest BCUT2D eigenvalue weighted by molar-refractivity contribution is 0.112. The van der Waals surface area contributed by atoms with Crippen molar-refractivity contribution in [2.45, 2.75) is 6.54 Å². The van der Waals surface area contributed by atoms with E-state index in [4.69, 9.17) is 0 Å². The predicted molar refractivity (Wildman–Crippen MR) is 91.9 cm³/mol. The molecule has 0 saturated heterocycles. The number of aldehydes is 1. The quantitative estimate of drug-likeness (QED) is 0.551. The van der Waals surface area contributed by atoms with E-state index in [2.05, 4.69) is 37.0 Å². The van der Waals surface area contributed by atoms with E-state index in [-0.39, 0.29) is 0 Å². The van der Waals surface area contributed by atoms with E-state index in [1.54, 1.807) is 22.2 Å². The molecule has 21 heavy (non-hydrogen) atoms. The van der Waals surface area contributed by atoms with Crippen LogP contribution in [0.3, 0.4) is 0 Å². The van der Waals surface area contributed by atoms with Crippen LogP contribution >= 0.6 is 43.2 Å². The lowest BCUT2D eigenvalue weighted by atomic mass is 10.2. The molecule has 3 rings (SSSR count). The third-order valence-electron chi connectivity index (χ3n) is 3.01. The fourth-order valence-corrected chi connectivity index (χ4v) is 3.88. The van der Waals surface area contributed by atoms with Gasteiger partial charge in [0.15, 0.2) is 6.29 Å². The van der Waals surface area contributed by atoms with Crippen molar-refractivity contribution in [3.05, 3.63) is 62.0 Å². The number of thiophene rings is 1. The van der Waals surface area contributed by atoms with E-state index in [1.165, 1.54) is 0 Å². The van der Waals surface area contributed by atoms with Gasteiger partial charge >= 0.3 is 0 Å².